The molecule has 1 fully saturated rings. The van der Waals surface area contributed by atoms with E-state index in [2.05, 4.69) is 16.4 Å². The fourth-order valence-corrected chi connectivity index (χ4v) is 2.42. The molecule has 2 atom stereocenters. The number of nitrogens with two attached hydrogens (primary N) is 1. The van der Waals surface area contributed by atoms with Gasteiger partial charge in [-0.1, -0.05) is 0 Å². The Morgan fingerprint density at radius 1 is 1.55 bits per heavy atom. The molecule has 7 heteroatoms. The third kappa shape index (κ3) is 3.72. The molecule has 0 spiro atoms. The van der Waals surface area contributed by atoms with Gasteiger partial charge in [-0.2, -0.15) is 10.5 Å². The summed E-state index contributed by atoms with van der Waals surface area (Å²) in [4.78, 5) is 17.9. The van der Waals surface area contributed by atoms with Crippen LogP contribution in [0.25, 0.3) is 0 Å². The van der Waals surface area contributed by atoms with E-state index in [1.807, 2.05) is 6.07 Å². The van der Waals surface area contributed by atoms with E-state index in [-0.39, 0.29) is 11.9 Å². The predicted octanol–water partition coefficient (Wildman–Crippen LogP) is 0.597. The number of rotatable bonds is 5. The fraction of sp³-hybridized carbons (Fsp3) is 0.467. The minimum atomic E-state index is -0.625. The first kappa shape index (κ1) is 15.7. The number of nitrogens with one attached hydrogen (secondary N) is 1. The third-order valence-corrected chi connectivity index (χ3v) is 3.66. The van der Waals surface area contributed by atoms with E-state index in [0.717, 1.165) is 12.8 Å². The van der Waals surface area contributed by atoms with E-state index in [0.29, 0.717) is 30.9 Å². The van der Waals surface area contributed by atoms with Gasteiger partial charge in [0.05, 0.1) is 17.7 Å². The lowest BCUT2D eigenvalue weighted by Gasteiger charge is -2.23. The number of aromatic nitrogens is 1. The molecule has 7 nitrogen and oxygen atoms in total. The number of amides is 1. The van der Waals surface area contributed by atoms with Gasteiger partial charge in [0.2, 0.25) is 5.91 Å². The highest BCUT2D eigenvalue weighted by Gasteiger charge is 2.31. The van der Waals surface area contributed by atoms with Gasteiger partial charge in [-0.15, -0.1) is 0 Å². The van der Waals surface area contributed by atoms with Gasteiger partial charge in [-0.25, -0.2) is 4.98 Å². The van der Waals surface area contributed by atoms with E-state index >= 15 is 0 Å². The molecule has 0 aliphatic carbocycles. The van der Waals surface area contributed by atoms with Gasteiger partial charge < -0.3 is 16.0 Å². The zero-order valence-corrected chi connectivity index (χ0v) is 12.2. The minimum Gasteiger partial charge on any atom is -0.370 e. The molecule has 1 saturated heterocycles. The number of pyridine rings is 1. The SMILES string of the molecule is N#Cc1ccc(NCCC(N)C(=O)N2CCCC2C#N)nc1. The van der Waals surface area contributed by atoms with E-state index in [1.165, 1.54) is 6.20 Å². The predicted molar refractivity (Wildman–Crippen MR) is 80.4 cm³/mol. The number of anilines is 1. The first-order valence-corrected chi connectivity index (χ1v) is 7.21. The number of carbonyl (C=O) groups is 1. The Balaban J connectivity index is 1.79. The summed E-state index contributed by atoms with van der Waals surface area (Å²) in [5.74, 6) is 0.466. The standard InChI is InChI=1S/C15H18N6O/c16-8-11-3-4-14(20-10-11)19-6-5-13(18)15(22)21-7-1-2-12(21)9-17/h3-4,10,12-13H,1-2,5-7,18H2,(H,19,20). The van der Waals surface area contributed by atoms with E-state index < -0.39 is 6.04 Å². The lowest BCUT2D eigenvalue weighted by atomic mass is 10.1. The largest absolute Gasteiger partial charge is 0.370 e. The molecule has 2 rings (SSSR count). The number of nitriles is 2. The molecular weight excluding hydrogens is 280 g/mol. The second-order valence-corrected chi connectivity index (χ2v) is 5.18. The number of hydrogen-bond donors (Lipinski definition) is 2. The van der Waals surface area contributed by atoms with Crippen LogP contribution in [-0.2, 0) is 4.79 Å². The topological polar surface area (TPSA) is 119 Å². The lowest BCUT2D eigenvalue weighted by Crippen LogP contribution is -2.46. The molecule has 1 aliphatic heterocycles. The van der Waals surface area contributed by atoms with Crippen LogP contribution in [0.4, 0.5) is 5.82 Å². The average molecular weight is 298 g/mol. The quantitative estimate of drug-likeness (QED) is 0.821. The summed E-state index contributed by atoms with van der Waals surface area (Å²) in [5, 5.41) is 20.8. The molecule has 22 heavy (non-hydrogen) atoms. The van der Waals surface area contributed by atoms with Crippen molar-refractivity contribution < 1.29 is 4.79 Å². The molecular formula is C15H18N6O. The second-order valence-electron chi connectivity index (χ2n) is 5.18. The zero-order chi connectivity index (χ0) is 15.9. The summed E-state index contributed by atoms with van der Waals surface area (Å²) in [6.45, 7) is 1.10. The number of hydrogen-bond acceptors (Lipinski definition) is 6. The molecule has 0 aromatic carbocycles. The molecule has 1 aliphatic rings. The number of likely N-dealkylation sites (tertiary alicyclic amines) is 1. The maximum Gasteiger partial charge on any atom is 0.240 e. The van der Waals surface area contributed by atoms with Gasteiger partial charge in [0.1, 0.15) is 17.9 Å². The molecule has 1 amide bonds. The van der Waals surface area contributed by atoms with Gasteiger partial charge in [0.25, 0.3) is 0 Å². The van der Waals surface area contributed by atoms with Crippen LogP contribution in [-0.4, -0.2) is 41.0 Å². The second kappa shape index (κ2) is 7.39. The summed E-state index contributed by atoms with van der Waals surface area (Å²) in [6.07, 6.45) is 3.51. The number of nitrogens with zero attached hydrogens (tertiary/aromatic N) is 4. The molecule has 0 radical (unpaired) electrons. The van der Waals surface area contributed by atoms with Crippen molar-refractivity contribution in [1.82, 2.24) is 9.88 Å². The van der Waals surface area contributed by atoms with E-state index in [9.17, 15) is 4.79 Å². The monoisotopic (exact) mass is 298 g/mol. The van der Waals surface area contributed by atoms with Crippen LogP contribution in [0.15, 0.2) is 18.3 Å². The van der Waals surface area contributed by atoms with Gasteiger partial charge in [-0.05, 0) is 31.4 Å². The summed E-state index contributed by atoms with van der Waals surface area (Å²) < 4.78 is 0. The molecule has 0 saturated carbocycles. The Hall–Kier alpha value is -2.64. The highest BCUT2D eigenvalue weighted by atomic mass is 16.2. The maximum atomic E-state index is 12.2. The minimum absolute atomic E-state index is 0.168. The summed E-state index contributed by atoms with van der Waals surface area (Å²) in [7, 11) is 0. The van der Waals surface area contributed by atoms with Crippen LogP contribution in [0, 0.1) is 22.7 Å². The van der Waals surface area contributed by atoms with Crippen molar-refractivity contribution in [3.05, 3.63) is 23.9 Å². The highest BCUT2D eigenvalue weighted by Crippen LogP contribution is 2.17. The highest BCUT2D eigenvalue weighted by molar-refractivity contribution is 5.82. The van der Waals surface area contributed by atoms with Crippen molar-refractivity contribution in [1.29, 1.82) is 10.5 Å². The van der Waals surface area contributed by atoms with Crippen LogP contribution in [0.3, 0.4) is 0 Å². The zero-order valence-electron chi connectivity index (χ0n) is 12.2. The maximum absolute atomic E-state index is 12.2. The smallest absolute Gasteiger partial charge is 0.240 e. The summed E-state index contributed by atoms with van der Waals surface area (Å²) >= 11 is 0. The summed E-state index contributed by atoms with van der Waals surface area (Å²) in [5.41, 5.74) is 6.41. The first-order valence-electron chi connectivity index (χ1n) is 7.21. The Morgan fingerprint density at radius 3 is 3.00 bits per heavy atom. The molecule has 1 aromatic heterocycles. The Kier molecular flexibility index (Phi) is 5.29. The molecule has 114 valence electrons. The van der Waals surface area contributed by atoms with Gasteiger partial charge in [0, 0.05) is 19.3 Å². The average Bonchev–Trinajstić information content (AvgIpc) is 3.03. The fourth-order valence-electron chi connectivity index (χ4n) is 2.42. The van der Waals surface area contributed by atoms with Gasteiger partial charge in [0.15, 0.2) is 0 Å². The molecule has 2 unspecified atom stereocenters. The Morgan fingerprint density at radius 2 is 2.36 bits per heavy atom. The van der Waals surface area contributed by atoms with E-state index in [4.69, 9.17) is 16.3 Å². The van der Waals surface area contributed by atoms with Crippen LogP contribution in [0.2, 0.25) is 0 Å². The molecule has 0 bridgehead atoms. The van der Waals surface area contributed by atoms with Crippen LogP contribution >= 0.6 is 0 Å². The van der Waals surface area contributed by atoms with Gasteiger partial charge in [-0.3, -0.25) is 4.79 Å². The van der Waals surface area contributed by atoms with Crippen molar-refractivity contribution in [2.24, 2.45) is 5.73 Å². The molecule has 1 aromatic rings. The van der Waals surface area contributed by atoms with E-state index in [1.54, 1.807) is 17.0 Å². The Bertz CT molecular complexity index is 600. The number of carbonyl (C=O) groups excluding carboxylic acids is 1. The van der Waals surface area contributed by atoms with Crippen LogP contribution in [0.1, 0.15) is 24.8 Å². The van der Waals surface area contributed by atoms with Gasteiger partial charge >= 0.3 is 0 Å². The summed E-state index contributed by atoms with van der Waals surface area (Å²) in [6, 6.07) is 6.55. The van der Waals surface area contributed by atoms with Crippen LogP contribution in [0.5, 0.6) is 0 Å². The van der Waals surface area contributed by atoms with Crippen molar-refractivity contribution >= 4 is 11.7 Å². The molecule has 3 N–H and O–H groups in total. The van der Waals surface area contributed by atoms with Crippen LogP contribution < -0.4 is 11.1 Å². The Labute approximate surface area is 129 Å². The first-order chi connectivity index (χ1) is 10.7. The van der Waals surface area contributed by atoms with Crippen molar-refractivity contribution in [2.45, 2.75) is 31.3 Å². The lowest BCUT2D eigenvalue weighted by molar-refractivity contribution is -0.132. The van der Waals surface area contributed by atoms with Crippen molar-refractivity contribution in [2.75, 3.05) is 18.4 Å². The third-order valence-electron chi connectivity index (χ3n) is 3.66. The molecule has 2 heterocycles. The van der Waals surface area contributed by atoms with Crippen molar-refractivity contribution in [3.8, 4) is 12.1 Å². The normalized spacial score (nSPS) is 18.3. The van der Waals surface area contributed by atoms with Crippen molar-refractivity contribution in [3.63, 3.8) is 0 Å².